The maximum atomic E-state index is 13.0. The van der Waals surface area contributed by atoms with Crippen LogP contribution >= 0.6 is 22.9 Å². The number of thiophene rings is 1. The van der Waals surface area contributed by atoms with Crippen LogP contribution in [0.1, 0.15) is 51.7 Å². The summed E-state index contributed by atoms with van der Waals surface area (Å²) in [6.45, 7) is 2.39. The number of nitrogens with zero attached hydrogens (tertiary/aromatic N) is 1. The number of carbonyl (C=O) groups is 2. The maximum absolute atomic E-state index is 13.0. The summed E-state index contributed by atoms with van der Waals surface area (Å²) in [7, 11) is 0. The van der Waals surface area contributed by atoms with E-state index in [0.29, 0.717) is 33.5 Å². The molecule has 0 bridgehead atoms. The number of benzene rings is 2. The molecule has 36 heavy (non-hydrogen) atoms. The Hall–Kier alpha value is -3.60. The number of amides is 1. The molecule has 1 aliphatic rings. The summed E-state index contributed by atoms with van der Waals surface area (Å²) < 4.78 is 11.0. The predicted molar refractivity (Wildman–Crippen MR) is 141 cm³/mol. The quantitative estimate of drug-likeness (QED) is 0.206. The second kappa shape index (κ2) is 11.9. The monoisotopic (exact) mass is 520 g/mol. The summed E-state index contributed by atoms with van der Waals surface area (Å²) >= 11 is 7.30. The van der Waals surface area contributed by atoms with Crippen LogP contribution in [0.15, 0.2) is 54.1 Å². The summed E-state index contributed by atoms with van der Waals surface area (Å²) in [6.07, 6.45) is 5.20. The fourth-order valence-corrected chi connectivity index (χ4v) is 5.36. The zero-order valence-electron chi connectivity index (χ0n) is 19.8. The van der Waals surface area contributed by atoms with E-state index in [4.69, 9.17) is 21.1 Å². The number of carbonyl (C=O) groups excluding carboxylic acids is 2. The van der Waals surface area contributed by atoms with E-state index >= 15 is 0 Å². The molecule has 2 aromatic carbocycles. The van der Waals surface area contributed by atoms with Crippen molar-refractivity contribution in [1.82, 2.24) is 0 Å². The van der Waals surface area contributed by atoms with Crippen LogP contribution in [-0.4, -0.2) is 18.5 Å². The predicted octanol–water partition coefficient (Wildman–Crippen LogP) is 6.58. The van der Waals surface area contributed by atoms with Crippen molar-refractivity contribution < 1.29 is 19.1 Å². The molecule has 1 aliphatic carbocycles. The molecule has 1 aromatic heterocycles. The zero-order valence-corrected chi connectivity index (χ0v) is 21.4. The van der Waals surface area contributed by atoms with E-state index in [2.05, 4.69) is 5.32 Å². The third-order valence-corrected chi connectivity index (χ3v) is 7.21. The molecule has 3 aromatic rings. The SMILES string of the molecule is CCOC(=O)c1c(NC(=O)/C(C#N)=C/c2ccc(OCc3ccc(Cl)cc3)cc2)sc2c1CCCC2. The number of rotatable bonds is 8. The summed E-state index contributed by atoms with van der Waals surface area (Å²) in [5.74, 6) is -0.345. The van der Waals surface area contributed by atoms with Gasteiger partial charge in [0.05, 0.1) is 12.2 Å². The van der Waals surface area contributed by atoms with Crippen LogP contribution in [0.2, 0.25) is 5.02 Å². The number of nitrogens with one attached hydrogen (secondary N) is 1. The fourth-order valence-electron chi connectivity index (χ4n) is 3.97. The lowest BCUT2D eigenvalue weighted by atomic mass is 9.95. The van der Waals surface area contributed by atoms with Gasteiger partial charge in [0, 0.05) is 9.90 Å². The minimum atomic E-state index is -0.565. The normalized spacial score (nSPS) is 12.9. The second-order valence-electron chi connectivity index (χ2n) is 8.24. The number of ether oxygens (including phenoxy) is 2. The van der Waals surface area contributed by atoms with Gasteiger partial charge in [0.15, 0.2) is 0 Å². The molecule has 6 nitrogen and oxygen atoms in total. The Balaban J connectivity index is 1.47. The number of halogens is 1. The average molecular weight is 521 g/mol. The summed E-state index contributed by atoms with van der Waals surface area (Å²) in [6, 6.07) is 16.5. The molecule has 0 fully saturated rings. The molecule has 1 heterocycles. The Bertz CT molecular complexity index is 1320. The van der Waals surface area contributed by atoms with Gasteiger partial charge in [-0.25, -0.2) is 4.79 Å². The lowest BCUT2D eigenvalue weighted by Gasteiger charge is -2.12. The molecule has 0 saturated carbocycles. The van der Waals surface area contributed by atoms with Gasteiger partial charge in [0.1, 0.15) is 29.0 Å². The summed E-state index contributed by atoms with van der Waals surface area (Å²) in [4.78, 5) is 26.7. The molecule has 1 N–H and O–H groups in total. The summed E-state index contributed by atoms with van der Waals surface area (Å²) in [5, 5.41) is 13.5. The largest absolute Gasteiger partial charge is 0.489 e. The average Bonchev–Trinajstić information content (AvgIpc) is 3.25. The van der Waals surface area contributed by atoms with Gasteiger partial charge in [-0.3, -0.25) is 4.79 Å². The van der Waals surface area contributed by atoms with Crippen molar-refractivity contribution in [3.05, 3.63) is 86.3 Å². The number of hydrogen-bond acceptors (Lipinski definition) is 6. The molecule has 4 rings (SSSR count). The Morgan fingerprint density at radius 2 is 1.83 bits per heavy atom. The highest BCUT2D eigenvalue weighted by atomic mass is 35.5. The van der Waals surface area contributed by atoms with Crippen LogP contribution in [0.4, 0.5) is 5.00 Å². The minimum Gasteiger partial charge on any atom is -0.489 e. The van der Waals surface area contributed by atoms with Crippen molar-refractivity contribution in [2.45, 2.75) is 39.2 Å². The van der Waals surface area contributed by atoms with Crippen molar-refractivity contribution in [1.29, 1.82) is 5.26 Å². The highest BCUT2D eigenvalue weighted by Gasteiger charge is 2.27. The van der Waals surface area contributed by atoms with Crippen molar-refractivity contribution in [2.24, 2.45) is 0 Å². The topological polar surface area (TPSA) is 88.4 Å². The lowest BCUT2D eigenvalue weighted by Crippen LogP contribution is -2.16. The van der Waals surface area contributed by atoms with Gasteiger partial charge in [-0.05, 0) is 79.6 Å². The lowest BCUT2D eigenvalue weighted by molar-refractivity contribution is -0.112. The van der Waals surface area contributed by atoms with E-state index in [9.17, 15) is 14.9 Å². The smallest absolute Gasteiger partial charge is 0.341 e. The minimum absolute atomic E-state index is 0.0639. The van der Waals surface area contributed by atoms with Crippen LogP contribution in [0.25, 0.3) is 6.08 Å². The second-order valence-corrected chi connectivity index (χ2v) is 9.79. The first-order valence-electron chi connectivity index (χ1n) is 11.7. The van der Waals surface area contributed by atoms with Crippen LogP contribution in [-0.2, 0) is 29.0 Å². The van der Waals surface area contributed by atoms with E-state index in [-0.39, 0.29) is 12.2 Å². The summed E-state index contributed by atoms with van der Waals surface area (Å²) in [5.41, 5.74) is 2.98. The third-order valence-electron chi connectivity index (χ3n) is 5.75. The molecule has 0 aliphatic heterocycles. The van der Waals surface area contributed by atoms with Crippen molar-refractivity contribution >= 4 is 45.9 Å². The van der Waals surface area contributed by atoms with Crippen LogP contribution in [0, 0.1) is 11.3 Å². The number of anilines is 1. The van der Waals surface area contributed by atoms with Gasteiger partial charge in [-0.15, -0.1) is 11.3 Å². The highest BCUT2D eigenvalue weighted by molar-refractivity contribution is 7.17. The Kier molecular flexibility index (Phi) is 8.42. The first kappa shape index (κ1) is 25.5. The first-order valence-corrected chi connectivity index (χ1v) is 12.9. The van der Waals surface area contributed by atoms with Gasteiger partial charge in [0.2, 0.25) is 0 Å². The first-order chi connectivity index (χ1) is 17.5. The standard InChI is InChI=1S/C28H25ClN2O4S/c1-2-34-28(33)25-23-5-3-4-6-24(23)36-27(25)31-26(32)20(16-30)15-18-9-13-22(14-10-18)35-17-19-7-11-21(29)12-8-19/h7-15H,2-6,17H2,1H3,(H,31,32)/b20-15+. The molecule has 8 heteroatoms. The molecule has 0 unspecified atom stereocenters. The molecular formula is C28H25ClN2O4S. The van der Waals surface area contributed by atoms with Gasteiger partial charge in [-0.1, -0.05) is 35.9 Å². The van der Waals surface area contributed by atoms with E-state index < -0.39 is 11.9 Å². The Morgan fingerprint density at radius 3 is 2.53 bits per heavy atom. The van der Waals surface area contributed by atoms with Crippen molar-refractivity contribution in [3.63, 3.8) is 0 Å². The number of fused-ring (bicyclic) bond motifs is 1. The molecular weight excluding hydrogens is 496 g/mol. The highest BCUT2D eigenvalue weighted by Crippen LogP contribution is 2.38. The van der Waals surface area contributed by atoms with Crippen LogP contribution < -0.4 is 10.1 Å². The molecule has 184 valence electrons. The van der Waals surface area contributed by atoms with Crippen LogP contribution in [0.5, 0.6) is 5.75 Å². The van der Waals surface area contributed by atoms with Gasteiger partial charge in [0.25, 0.3) is 5.91 Å². The Labute approximate surface area is 219 Å². The van der Waals surface area contributed by atoms with E-state index in [0.717, 1.165) is 41.7 Å². The number of esters is 1. The van der Waals surface area contributed by atoms with Gasteiger partial charge >= 0.3 is 5.97 Å². The molecule has 0 atom stereocenters. The van der Waals surface area contributed by atoms with Crippen molar-refractivity contribution in [3.8, 4) is 11.8 Å². The van der Waals surface area contributed by atoms with E-state index in [1.165, 1.54) is 17.4 Å². The fraction of sp³-hybridized carbons (Fsp3) is 0.250. The Morgan fingerprint density at radius 1 is 1.11 bits per heavy atom. The van der Waals surface area contributed by atoms with Gasteiger partial charge in [-0.2, -0.15) is 5.26 Å². The number of aryl methyl sites for hydroxylation is 1. The van der Waals surface area contributed by atoms with Crippen LogP contribution in [0.3, 0.4) is 0 Å². The van der Waals surface area contributed by atoms with E-state index in [1.54, 1.807) is 31.2 Å². The zero-order chi connectivity index (χ0) is 25.5. The molecule has 0 radical (unpaired) electrons. The van der Waals surface area contributed by atoms with E-state index in [1.807, 2.05) is 30.3 Å². The maximum Gasteiger partial charge on any atom is 0.341 e. The molecule has 1 amide bonds. The van der Waals surface area contributed by atoms with Crippen molar-refractivity contribution in [2.75, 3.05) is 11.9 Å². The number of nitriles is 1. The number of hydrogen-bond donors (Lipinski definition) is 1. The molecule has 0 spiro atoms. The molecule has 0 saturated heterocycles. The third kappa shape index (κ3) is 6.14. The van der Waals surface area contributed by atoms with Gasteiger partial charge < -0.3 is 14.8 Å².